The van der Waals surface area contributed by atoms with E-state index in [2.05, 4.69) is 341 Å². The van der Waals surface area contributed by atoms with Gasteiger partial charge < -0.3 is 19.1 Å². The molecule has 14 aromatic rings. The lowest BCUT2D eigenvalue weighted by Crippen LogP contribution is -2.61. The summed E-state index contributed by atoms with van der Waals surface area (Å²) in [7, 11) is 0. The third-order valence-electron chi connectivity index (χ3n) is 18.6. The van der Waals surface area contributed by atoms with Crippen LogP contribution in [0, 0.1) is 0 Å². The average molecular weight is 1140 g/mol. The van der Waals surface area contributed by atoms with Crippen molar-refractivity contribution in [2.24, 2.45) is 0 Å². The molecular formula is C84H66BN3O. The van der Waals surface area contributed by atoms with Crippen LogP contribution in [0.25, 0.3) is 77.2 Å². The van der Waals surface area contributed by atoms with Gasteiger partial charge in [0.05, 0.1) is 5.69 Å². The molecule has 0 N–H and O–H groups in total. The van der Waals surface area contributed by atoms with Gasteiger partial charge in [-0.3, -0.25) is 0 Å². The van der Waals surface area contributed by atoms with Crippen LogP contribution in [0.4, 0.5) is 51.2 Å². The molecule has 13 aromatic carbocycles. The van der Waals surface area contributed by atoms with E-state index in [1.807, 2.05) is 6.07 Å². The molecular weight excluding hydrogens is 1080 g/mol. The maximum atomic E-state index is 6.68. The SMILES string of the molecule is CC(C)(C)c1ccc(N(c2ccc3c(c2)N(c2ccc(-c4cccc5c4oc4ccccc45)cc2)c2cc(C(C)(C)C)cc4c2B3c2cc(-c3ccccc3)ccc2N4c2ccc(-c3ccccc3)cc2)c2ccc3ccccc3c2-c2ccccc2)cc1. The second kappa shape index (κ2) is 21.1. The van der Waals surface area contributed by atoms with Crippen molar-refractivity contribution in [1.29, 1.82) is 0 Å². The number of nitrogens with zero attached hydrogens (tertiary/aromatic N) is 3. The smallest absolute Gasteiger partial charge is 0.252 e. The average Bonchev–Trinajstić information content (AvgIpc) is 1.14. The molecule has 89 heavy (non-hydrogen) atoms. The number of hydrogen-bond acceptors (Lipinski definition) is 4. The fourth-order valence-corrected chi connectivity index (χ4v) is 14.0. The van der Waals surface area contributed by atoms with E-state index < -0.39 is 0 Å². The van der Waals surface area contributed by atoms with E-state index in [9.17, 15) is 0 Å². The zero-order valence-electron chi connectivity index (χ0n) is 51.0. The number of fused-ring (bicyclic) bond motifs is 8. The Morgan fingerprint density at radius 2 is 0.888 bits per heavy atom. The number of anilines is 9. The first-order chi connectivity index (χ1) is 43.4. The molecule has 3 heterocycles. The Morgan fingerprint density at radius 3 is 1.55 bits per heavy atom. The first-order valence-corrected chi connectivity index (χ1v) is 31.2. The highest BCUT2D eigenvalue weighted by atomic mass is 16.3. The Balaban J connectivity index is 0.973. The van der Waals surface area contributed by atoms with Crippen LogP contribution in [0.2, 0.25) is 0 Å². The maximum Gasteiger partial charge on any atom is 0.252 e. The largest absolute Gasteiger partial charge is 0.455 e. The summed E-state index contributed by atoms with van der Waals surface area (Å²) in [5.41, 5.74) is 27.2. The summed E-state index contributed by atoms with van der Waals surface area (Å²) in [6.07, 6.45) is 0. The van der Waals surface area contributed by atoms with Gasteiger partial charge in [-0.1, -0.05) is 254 Å². The highest BCUT2D eigenvalue weighted by molar-refractivity contribution is 7.00. The van der Waals surface area contributed by atoms with Crippen molar-refractivity contribution in [3.8, 4) is 44.5 Å². The number of para-hydroxylation sites is 2. The highest BCUT2D eigenvalue weighted by Crippen LogP contribution is 2.51. The van der Waals surface area contributed by atoms with Gasteiger partial charge in [0, 0.05) is 67.4 Å². The molecule has 0 fully saturated rings. The Bertz CT molecular complexity index is 5020. The number of furan rings is 1. The van der Waals surface area contributed by atoms with Gasteiger partial charge in [-0.05, 0) is 161 Å². The number of rotatable bonds is 9. The van der Waals surface area contributed by atoms with E-state index in [0.717, 1.165) is 78.4 Å². The Morgan fingerprint density at radius 1 is 0.348 bits per heavy atom. The lowest BCUT2D eigenvalue weighted by Gasteiger charge is -2.45. The van der Waals surface area contributed by atoms with Crippen molar-refractivity contribution in [3.63, 3.8) is 0 Å². The number of benzene rings is 13. The summed E-state index contributed by atoms with van der Waals surface area (Å²) in [6, 6.07) is 108. The summed E-state index contributed by atoms with van der Waals surface area (Å²) >= 11 is 0. The molecule has 0 saturated carbocycles. The predicted octanol–water partition coefficient (Wildman–Crippen LogP) is 21.6. The van der Waals surface area contributed by atoms with Crippen molar-refractivity contribution < 1.29 is 4.42 Å². The van der Waals surface area contributed by atoms with E-state index >= 15 is 0 Å². The lowest BCUT2D eigenvalue weighted by atomic mass is 9.33. The van der Waals surface area contributed by atoms with Crippen LogP contribution in [0.3, 0.4) is 0 Å². The Labute approximate surface area is 522 Å². The van der Waals surface area contributed by atoms with Gasteiger partial charge in [-0.15, -0.1) is 0 Å². The molecule has 1 aromatic heterocycles. The lowest BCUT2D eigenvalue weighted by molar-refractivity contribution is 0.590. The second-order valence-electron chi connectivity index (χ2n) is 26.1. The molecule has 426 valence electrons. The minimum absolute atomic E-state index is 0.0298. The number of hydrogen-bond donors (Lipinski definition) is 0. The van der Waals surface area contributed by atoms with Crippen molar-refractivity contribution >= 4 is 107 Å². The molecule has 0 amide bonds. The first-order valence-electron chi connectivity index (χ1n) is 31.2. The molecule has 0 radical (unpaired) electrons. The van der Waals surface area contributed by atoms with Gasteiger partial charge in [0.1, 0.15) is 11.2 Å². The summed E-state index contributed by atoms with van der Waals surface area (Å²) in [5, 5.41) is 4.64. The third-order valence-corrected chi connectivity index (χ3v) is 18.6. The topological polar surface area (TPSA) is 22.9 Å². The van der Waals surface area contributed by atoms with Gasteiger partial charge in [0.25, 0.3) is 6.71 Å². The van der Waals surface area contributed by atoms with Crippen LogP contribution >= 0.6 is 0 Å². The highest BCUT2D eigenvalue weighted by Gasteiger charge is 2.45. The molecule has 0 aliphatic carbocycles. The van der Waals surface area contributed by atoms with Gasteiger partial charge in [-0.25, -0.2) is 0 Å². The monoisotopic (exact) mass is 1140 g/mol. The molecule has 0 unspecified atom stereocenters. The van der Waals surface area contributed by atoms with Crippen LogP contribution in [-0.4, -0.2) is 6.71 Å². The van der Waals surface area contributed by atoms with Gasteiger partial charge >= 0.3 is 0 Å². The summed E-state index contributed by atoms with van der Waals surface area (Å²) in [4.78, 5) is 7.63. The van der Waals surface area contributed by atoms with Crippen LogP contribution in [0.1, 0.15) is 52.7 Å². The van der Waals surface area contributed by atoms with E-state index in [4.69, 9.17) is 4.42 Å². The van der Waals surface area contributed by atoms with Crippen molar-refractivity contribution in [2.45, 2.75) is 52.4 Å². The first kappa shape index (κ1) is 53.8. The van der Waals surface area contributed by atoms with Crippen molar-refractivity contribution in [2.75, 3.05) is 14.7 Å². The fourth-order valence-electron chi connectivity index (χ4n) is 14.0. The van der Waals surface area contributed by atoms with Gasteiger partial charge in [-0.2, -0.15) is 0 Å². The van der Waals surface area contributed by atoms with Gasteiger partial charge in [0.15, 0.2) is 0 Å². The van der Waals surface area contributed by atoms with Crippen molar-refractivity contribution in [3.05, 3.63) is 302 Å². The zero-order chi connectivity index (χ0) is 60.1. The van der Waals surface area contributed by atoms with Gasteiger partial charge in [0.2, 0.25) is 0 Å². The minimum Gasteiger partial charge on any atom is -0.455 e. The second-order valence-corrected chi connectivity index (χ2v) is 26.1. The summed E-state index contributed by atoms with van der Waals surface area (Å²) in [6.45, 7) is 13.8. The van der Waals surface area contributed by atoms with E-state index in [0.29, 0.717) is 0 Å². The Hall–Kier alpha value is -10.6. The van der Waals surface area contributed by atoms with Crippen LogP contribution in [-0.2, 0) is 10.8 Å². The Kier molecular flexibility index (Phi) is 12.7. The molecule has 2 aliphatic rings. The normalized spacial score (nSPS) is 12.8. The predicted molar refractivity (Wildman–Crippen MR) is 379 cm³/mol. The molecule has 4 nitrogen and oxygen atoms in total. The minimum atomic E-state index is -0.218. The zero-order valence-corrected chi connectivity index (χ0v) is 51.0. The molecule has 2 aliphatic heterocycles. The molecule has 0 spiro atoms. The molecule has 0 saturated heterocycles. The molecule has 16 rings (SSSR count). The standard InChI is InChI=1S/C84H66BN3O/c1-83(2,3)62-39-45-64(46-40-62)86(75-50-37-58-25-16-17-28-68(58)80(75)60-26-14-9-15-27-60)67-47-48-72-76(54-67)88(66-43-35-59(36-44-66)69-30-20-31-71-70-29-18-19-32-79(70)89-82(69)71)78-53-63(84(4,5)6)52-77-81(78)85(72)73-51-61(56-23-12-8-13-24-56)38-49-74(73)87(77)65-41-33-57(34-42-65)55-21-10-7-11-22-55/h7-54H,1-6H3. The van der Waals surface area contributed by atoms with Crippen LogP contribution < -0.4 is 31.1 Å². The summed E-state index contributed by atoms with van der Waals surface area (Å²) < 4.78 is 6.68. The van der Waals surface area contributed by atoms with Crippen LogP contribution in [0.15, 0.2) is 296 Å². The van der Waals surface area contributed by atoms with Crippen LogP contribution in [0.5, 0.6) is 0 Å². The van der Waals surface area contributed by atoms with E-state index in [-0.39, 0.29) is 17.5 Å². The summed E-state index contributed by atoms with van der Waals surface area (Å²) in [5.74, 6) is 0. The fraction of sp³-hybridized carbons (Fsp3) is 0.0952. The van der Waals surface area contributed by atoms with E-state index in [1.165, 1.54) is 77.5 Å². The molecule has 0 atom stereocenters. The quantitative estimate of drug-likeness (QED) is 0.134. The maximum absolute atomic E-state index is 6.68. The van der Waals surface area contributed by atoms with E-state index in [1.54, 1.807) is 0 Å². The molecule has 5 heteroatoms. The third kappa shape index (κ3) is 9.22. The molecule has 0 bridgehead atoms. The van der Waals surface area contributed by atoms with Crippen molar-refractivity contribution in [1.82, 2.24) is 0 Å².